The molecule has 0 bridgehead atoms. The number of aromatic nitrogens is 1. The molecule has 0 radical (unpaired) electrons. The van der Waals surface area contributed by atoms with E-state index in [2.05, 4.69) is 26.7 Å². The van der Waals surface area contributed by atoms with Crippen LogP contribution >= 0.6 is 0 Å². The summed E-state index contributed by atoms with van der Waals surface area (Å²) in [6.07, 6.45) is 2.65. The van der Waals surface area contributed by atoms with Crippen LogP contribution in [0.1, 0.15) is 15.9 Å². The van der Waals surface area contributed by atoms with E-state index in [1.54, 1.807) is 19.2 Å². The van der Waals surface area contributed by atoms with Crippen molar-refractivity contribution in [3.63, 3.8) is 0 Å². The molecule has 0 atom stereocenters. The third-order valence-electron chi connectivity index (χ3n) is 5.00. The number of H-pyrrole nitrogens is 1. The minimum atomic E-state index is -0.479. The second kappa shape index (κ2) is 9.78. The zero-order chi connectivity index (χ0) is 22.3. The number of halogens is 1. The number of carbonyl (C=O) groups is 1. The number of carbonyl (C=O) groups excluding carboxylic acids is 1. The fourth-order valence-electron chi connectivity index (χ4n) is 3.42. The Bertz CT molecular complexity index is 1270. The highest BCUT2D eigenvalue weighted by atomic mass is 19.1. The van der Waals surface area contributed by atoms with E-state index >= 15 is 0 Å². The Balaban J connectivity index is 1.55. The van der Waals surface area contributed by atoms with Gasteiger partial charge in [0.05, 0.1) is 12.8 Å². The van der Waals surface area contributed by atoms with Gasteiger partial charge in [0.25, 0.3) is 5.91 Å². The number of anilines is 1. The van der Waals surface area contributed by atoms with Gasteiger partial charge >= 0.3 is 0 Å². The molecule has 0 aliphatic rings. The predicted octanol–water partition coefficient (Wildman–Crippen LogP) is 4.76. The van der Waals surface area contributed by atoms with Crippen molar-refractivity contribution in [2.45, 2.75) is 6.42 Å². The van der Waals surface area contributed by atoms with Gasteiger partial charge < -0.3 is 15.0 Å². The molecule has 4 rings (SSSR count). The molecule has 7 heteroatoms. The van der Waals surface area contributed by atoms with Gasteiger partial charge in [-0.2, -0.15) is 0 Å². The molecule has 0 aliphatic heterocycles. The number of ether oxygens (including phenoxy) is 1. The zero-order valence-corrected chi connectivity index (χ0v) is 17.6. The maximum Gasteiger partial charge on any atom is 0.258 e. The average Bonchev–Trinajstić information content (AvgIpc) is 3.22. The van der Waals surface area contributed by atoms with Gasteiger partial charge in [-0.15, -0.1) is 0 Å². The first-order valence-electron chi connectivity index (χ1n) is 10.2. The lowest BCUT2D eigenvalue weighted by atomic mass is 10.1. The Morgan fingerprint density at radius 3 is 2.72 bits per heavy atom. The summed E-state index contributed by atoms with van der Waals surface area (Å²) in [7, 11) is 1.57. The van der Waals surface area contributed by atoms with E-state index in [0.29, 0.717) is 24.4 Å². The van der Waals surface area contributed by atoms with E-state index in [-0.39, 0.29) is 11.5 Å². The molecule has 1 aromatic heterocycles. The van der Waals surface area contributed by atoms with Gasteiger partial charge in [-0.25, -0.2) is 4.39 Å². The number of rotatable bonds is 6. The van der Waals surface area contributed by atoms with Crippen LogP contribution in [0.3, 0.4) is 0 Å². The average molecular weight is 430 g/mol. The van der Waals surface area contributed by atoms with Crippen LogP contribution < -0.4 is 15.4 Å². The summed E-state index contributed by atoms with van der Waals surface area (Å²) < 4.78 is 18.9. The van der Waals surface area contributed by atoms with Crippen molar-refractivity contribution in [2.24, 2.45) is 4.99 Å². The topological polar surface area (TPSA) is 78.5 Å². The fraction of sp³-hybridized carbons (Fsp3) is 0.120. The second-order valence-electron chi connectivity index (χ2n) is 7.13. The zero-order valence-electron chi connectivity index (χ0n) is 17.6. The van der Waals surface area contributed by atoms with Gasteiger partial charge in [0.2, 0.25) is 5.96 Å². The van der Waals surface area contributed by atoms with Crippen LogP contribution in [0.2, 0.25) is 0 Å². The van der Waals surface area contributed by atoms with Gasteiger partial charge in [-0.05, 0) is 48.4 Å². The molecule has 0 saturated carbocycles. The molecule has 1 amide bonds. The molecule has 6 nitrogen and oxygen atoms in total. The summed E-state index contributed by atoms with van der Waals surface area (Å²) in [6, 6.07) is 20.9. The van der Waals surface area contributed by atoms with E-state index in [4.69, 9.17) is 4.74 Å². The third-order valence-corrected chi connectivity index (χ3v) is 5.00. The molecule has 4 aromatic rings. The largest absolute Gasteiger partial charge is 0.495 e. The smallest absolute Gasteiger partial charge is 0.258 e. The van der Waals surface area contributed by atoms with Crippen molar-refractivity contribution in [3.8, 4) is 5.75 Å². The van der Waals surface area contributed by atoms with Crippen molar-refractivity contribution >= 4 is 28.5 Å². The molecule has 3 N–H and O–H groups in total. The van der Waals surface area contributed by atoms with Crippen molar-refractivity contribution in [1.29, 1.82) is 0 Å². The number of fused-ring (bicyclic) bond motifs is 1. The summed E-state index contributed by atoms with van der Waals surface area (Å²) in [4.78, 5) is 20.5. The fourth-order valence-corrected chi connectivity index (χ4v) is 3.42. The van der Waals surface area contributed by atoms with Gasteiger partial charge in [0, 0.05) is 29.2 Å². The minimum Gasteiger partial charge on any atom is -0.495 e. The van der Waals surface area contributed by atoms with Gasteiger partial charge in [0.15, 0.2) is 0 Å². The lowest BCUT2D eigenvalue weighted by Crippen LogP contribution is -2.36. The van der Waals surface area contributed by atoms with E-state index in [0.717, 1.165) is 16.5 Å². The van der Waals surface area contributed by atoms with Crippen LogP contribution in [0.25, 0.3) is 10.9 Å². The normalized spacial score (nSPS) is 11.4. The standard InChI is InChI=1S/C25H23FN4O2/c1-32-23-12-5-4-11-22(23)29-25(30-24(31)17-7-6-8-19(26)15-17)27-14-13-18-16-28-21-10-3-2-9-20(18)21/h2-12,15-16,28H,13-14H2,1H3,(H2,27,29,30,31). The van der Waals surface area contributed by atoms with Crippen LogP contribution in [0.15, 0.2) is 84.0 Å². The van der Waals surface area contributed by atoms with Crippen LogP contribution in [0, 0.1) is 5.82 Å². The minimum absolute atomic E-state index is 0.205. The monoisotopic (exact) mass is 430 g/mol. The summed E-state index contributed by atoms with van der Waals surface area (Å²) in [6.45, 7) is 0.433. The summed E-state index contributed by atoms with van der Waals surface area (Å²) >= 11 is 0. The van der Waals surface area contributed by atoms with Gasteiger partial charge in [-0.1, -0.05) is 36.4 Å². The van der Waals surface area contributed by atoms with Crippen LogP contribution in [-0.2, 0) is 6.42 Å². The lowest BCUT2D eigenvalue weighted by Gasteiger charge is -2.14. The number of methoxy groups -OCH3 is 1. The Morgan fingerprint density at radius 2 is 1.88 bits per heavy atom. The number of para-hydroxylation sites is 3. The van der Waals surface area contributed by atoms with E-state index in [1.165, 1.54) is 18.2 Å². The molecule has 1 heterocycles. The number of hydrogen-bond acceptors (Lipinski definition) is 3. The van der Waals surface area contributed by atoms with Gasteiger partial charge in [0.1, 0.15) is 11.6 Å². The highest BCUT2D eigenvalue weighted by Crippen LogP contribution is 2.23. The number of aromatic amines is 1. The molecular formula is C25H23FN4O2. The maximum atomic E-state index is 13.6. The van der Waals surface area contributed by atoms with Crippen LogP contribution in [0.5, 0.6) is 5.75 Å². The van der Waals surface area contributed by atoms with Crippen LogP contribution in [-0.4, -0.2) is 30.5 Å². The molecule has 32 heavy (non-hydrogen) atoms. The Kier molecular flexibility index (Phi) is 6.46. The second-order valence-corrected chi connectivity index (χ2v) is 7.13. The number of guanidine groups is 1. The summed E-state index contributed by atoms with van der Waals surface area (Å²) in [5.74, 6) is -0.0775. The quantitative estimate of drug-likeness (QED) is 0.305. The first-order valence-corrected chi connectivity index (χ1v) is 10.2. The van der Waals surface area contributed by atoms with Crippen molar-refractivity contribution < 1.29 is 13.9 Å². The van der Waals surface area contributed by atoms with Crippen molar-refractivity contribution in [3.05, 3.63) is 95.9 Å². The molecule has 0 aliphatic carbocycles. The molecular weight excluding hydrogens is 407 g/mol. The van der Waals surface area contributed by atoms with Crippen molar-refractivity contribution in [2.75, 3.05) is 19.0 Å². The van der Waals surface area contributed by atoms with Crippen LogP contribution in [0.4, 0.5) is 10.1 Å². The summed E-state index contributed by atoms with van der Waals surface area (Å²) in [5, 5.41) is 7.01. The Labute approximate surface area is 185 Å². The van der Waals surface area contributed by atoms with Gasteiger partial charge in [-0.3, -0.25) is 15.1 Å². The lowest BCUT2D eigenvalue weighted by molar-refractivity contribution is 0.0976. The van der Waals surface area contributed by atoms with E-state index in [1.807, 2.05) is 42.6 Å². The molecule has 0 unspecified atom stereocenters. The molecule has 0 spiro atoms. The Morgan fingerprint density at radius 1 is 1.06 bits per heavy atom. The van der Waals surface area contributed by atoms with Crippen molar-refractivity contribution in [1.82, 2.24) is 10.3 Å². The maximum absolute atomic E-state index is 13.6. The number of hydrogen-bond donors (Lipinski definition) is 3. The number of aliphatic imine (C=N–C) groups is 1. The molecule has 0 saturated heterocycles. The highest BCUT2D eigenvalue weighted by molar-refractivity contribution is 6.10. The number of amides is 1. The Hall–Kier alpha value is -4.13. The molecule has 3 aromatic carbocycles. The predicted molar refractivity (Wildman–Crippen MR) is 125 cm³/mol. The number of benzene rings is 3. The first kappa shape index (κ1) is 21.1. The highest BCUT2D eigenvalue weighted by Gasteiger charge is 2.12. The van der Waals surface area contributed by atoms with E-state index < -0.39 is 11.7 Å². The first-order chi connectivity index (χ1) is 15.6. The SMILES string of the molecule is COc1ccccc1NC(=NCCc1c[nH]c2ccccc12)NC(=O)c1cccc(F)c1. The molecule has 162 valence electrons. The van der Waals surface area contributed by atoms with E-state index in [9.17, 15) is 9.18 Å². The number of nitrogens with one attached hydrogen (secondary N) is 3. The third kappa shape index (κ3) is 4.95. The number of nitrogens with zero attached hydrogens (tertiary/aromatic N) is 1. The summed E-state index contributed by atoms with van der Waals surface area (Å²) in [5.41, 5.74) is 3.06. The molecule has 0 fully saturated rings.